The minimum atomic E-state index is 0.581. The average molecular weight is 284 g/mol. The van der Waals surface area contributed by atoms with Crippen LogP contribution in [0.15, 0.2) is 22.6 Å². The van der Waals surface area contributed by atoms with E-state index >= 15 is 0 Å². The third-order valence-corrected chi connectivity index (χ3v) is 4.96. The zero-order chi connectivity index (χ0) is 14.2. The first kappa shape index (κ1) is 13.2. The Morgan fingerprint density at radius 1 is 1.10 bits per heavy atom. The molecule has 0 bridgehead atoms. The molecule has 0 saturated heterocycles. The molecule has 0 amide bonds. The fraction of sp³-hybridized carbons (Fsp3) is 0.611. The van der Waals surface area contributed by atoms with E-state index in [9.17, 15) is 0 Å². The number of hydrogen-bond donors (Lipinski definition) is 1. The third kappa shape index (κ3) is 2.92. The van der Waals surface area contributed by atoms with Crippen molar-refractivity contribution in [1.82, 2.24) is 4.98 Å². The van der Waals surface area contributed by atoms with Crippen LogP contribution in [0.5, 0.6) is 0 Å². The predicted molar refractivity (Wildman–Crippen MR) is 85.6 cm³/mol. The number of benzene rings is 1. The first-order chi connectivity index (χ1) is 10.3. The summed E-state index contributed by atoms with van der Waals surface area (Å²) in [4.78, 5) is 4.65. The lowest BCUT2D eigenvalue weighted by Gasteiger charge is -2.17. The largest absolute Gasteiger partial charge is 0.440 e. The van der Waals surface area contributed by atoms with E-state index in [4.69, 9.17) is 4.42 Å². The van der Waals surface area contributed by atoms with Crippen LogP contribution < -0.4 is 5.32 Å². The Bertz CT molecular complexity index is 629. The van der Waals surface area contributed by atoms with E-state index in [1.807, 2.05) is 0 Å². The van der Waals surface area contributed by atoms with Crippen LogP contribution in [-0.4, -0.2) is 11.0 Å². The van der Waals surface area contributed by atoms with E-state index in [0.717, 1.165) is 22.9 Å². The molecule has 3 heteroatoms. The lowest BCUT2D eigenvalue weighted by Crippen LogP contribution is -2.18. The quantitative estimate of drug-likeness (QED) is 0.798. The van der Waals surface area contributed by atoms with Crippen LogP contribution in [0.2, 0.25) is 0 Å². The van der Waals surface area contributed by atoms with Gasteiger partial charge in [-0.25, -0.2) is 4.98 Å². The lowest BCUT2D eigenvalue weighted by molar-refractivity contribution is 0.502. The smallest absolute Gasteiger partial charge is 0.198 e. The Balaban J connectivity index is 1.50. The Morgan fingerprint density at radius 2 is 2.00 bits per heavy atom. The molecule has 2 unspecified atom stereocenters. The van der Waals surface area contributed by atoms with Gasteiger partial charge in [0.05, 0.1) is 0 Å². The van der Waals surface area contributed by atoms with Gasteiger partial charge in [0.25, 0.3) is 0 Å². The number of hydrogen-bond acceptors (Lipinski definition) is 3. The highest BCUT2D eigenvalue weighted by Crippen LogP contribution is 2.40. The van der Waals surface area contributed by atoms with Crippen molar-refractivity contribution in [3.05, 3.63) is 24.1 Å². The molecular formula is C18H24N2O. The average Bonchev–Trinajstić information content (AvgIpc) is 3.26. The summed E-state index contributed by atoms with van der Waals surface area (Å²) in [6, 6.07) is 6.97. The second kappa shape index (κ2) is 5.36. The molecule has 3 nitrogen and oxygen atoms in total. The van der Waals surface area contributed by atoms with Crippen molar-refractivity contribution in [2.75, 3.05) is 5.32 Å². The first-order valence-corrected chi connectivity index (χ1v) is 8.45. The SMILES string of the molecule is CC1CCCC(Nc2ccc3oc(C4CC4)nc3c2)CC1. The van der Waals surface area contributed by atoms with Gasteiger partial charge in [-0.2, -0.15) is 0 Å². The summed E-state index contributed by atoms with van der Waals surface area (Å²) in [5.41, 5.74) is 3.12. The molecule has 112 valence electrons. The fourth-order valence-electron chi connectivity index (χ4n) is 3.41. The van der Waals surface area contributed by atoms with Gasteiger partial charge in [-0.15, -0.1) is 0 Å². The second-order valence-corrected chi connectivity index (χ2v) is 6.96. The fourth-order valence-corrected chi connectivity index (χ4v) is 3.41. The van der Waals surface area contributed by atoms with Gasteiger partial charge in [0.15, 0.2) is 11.5 Å². The number of aromatic nitrogens is 1. The van der Waals surface area contributed by atoms with Crippen LogP contribution in [0.1, 0.15) is 63.7 Å². The van der Waals surface area contributed by atoms with Gasteiger partial charge in [0, 0.05) is 17.6 Å². The summed E-state index contributed by atoms with van der Waals surface area (Å²) >= 11 is 0. The topological polar surface area (TPSA) is 38.1 Å². The minimum absolute atomic E-state index is 0.581. The highest BCUT2D eigenvalue weighted by molar-refractivity contribution is 5.77. The molecule has 1 aromatic carbocycles. The van der Waals surface area contributed by atoms with Gasteiger partial charge in [0.2, 0.25) is 0 Å². The molecule has 21 heavy (non-hydrogen) atoms. The molecule has 2 aliphatic carbocycles. The number of anilines is 1. The lowest BCUT2D eigenvalue weighted by atomic mass is 10.0. The van der Waals surface area contributed by atoms with Crippen molar-refractivity contribution in [1.29, 1.82) is 0 Å². The van der Waals surface area contributed by atoms with Crippen molar-refractivity contribution < 1.29 is 4.42 Å². The van der Waals surface area contributed by atoms with Gasteiger partial charge >= 0.3 is 0 Å². The molecule has 2 atom stereocenters. The number of rotatable bonds is 3. The molecule has 1 heterocycles. The molecule has 0 spiro atoms. The molecule has 1 aromatic heterocycles. The van der Waals surface area contributed by atoms with Crippen LogP contribution in [0, 0.1) is 5.92 Å². The number of oxazole rings is 1. The van der Waals surface area contributed by atoms with E-state index in [1.54, 1.807) is 0 Å². The van der Waals surface area contributed by atoms with Gasteiger partial charge in [-0.05, 0) is 56.2 Å². The standard InChI is InChI=1S/C18H24N2O/c1-12-3-2-4-14(8-5-12)19-15-9-10-17-16(11-15)20-18(21-17)13-6-7-13/h9-14,19H,2-8H2,1H3. The minimum Gasteiger partial charge on any atom is -0.440 e. The molecule has 0 radical (unpaired) electrons. The summed E-state index contributed by atoms with van der Waals surface area (Å²) in [6.45, 7) is 2.38. The van der Waals surface area contributed by atoms with Crippen LogP contribution in [0.3, 0.4) is 0 Å². The predicted octanol–water partition coefficient (Wildman–Crippen LogP) is 5.09. The van der Waals surface area contributed by atoms with Crippen molar-refractivity contribution in [2.45, 2.75) is 63.8 Å². The maximum Gasteiger partial charge on any atom is 0.198 e. The summed E-state index contributed by atoms with van der Waals surface area (Å²) < 4.78 is 5.83. The summed E-state index contributed by atoms with van der Waals surface area (Å²) in [6.07, 6.45) is 9.11. The second-order valence-electron chi connectivity index (χ2n) is 6.96. The molecular weight excluding hydrogens is 260 g/mol. The van der Waals surface area contributed by atoms with E-state index in [0.29, 0.717) is 12.0 Å². The van der Waals surface area contributed by atoms with E-state index in [-0.39, 0.29) is 0 Å². The maximum absolute atomic E-state index is 5.83. The first-order valence-electron chi connectivity index (χ1n) is 8.45. The number of nitrogens with zero attached hydrogens (tertiary/aromatic N) is 1. The van der Waals surface area contributed by atoms with Gasteiger partial charge in [-0.3, -0.25) is 0 Å². The van der Waals surface area contributed by atoms with Crippen molar-refractivity contribution >= 4 is 16.8 Å². The molecule has 4 rings (SSSR count). The normalized spacial score (nSPS) is 26.7. The zero-order valence-corrected chi connectivity index (χ0v) is 12.8. The Morgan fingerprint density at radius 3 is 2.86 bits per heavy atom. The third-order valence-electron chi connectivity index (χ3n) is 4.96. The molecule has 2 aliphatic rings. The van der Waals surface area contributed by atoms with Crippen LogP contribution >= 0.6 is 0 Å². The summed E-state index contributed by atoms with van der Waals surface area (Å²) in [5, 5.41) is 3.71. The van der Waals surface area contributed by atoms with E-state index in [1.165, 1.54) is 50.6 Å². The molecule has 0 aliphatic heterocycles. The highest BCUT2D eigenvalue weighted by Gasteiger charge is 2.28. The number of fused-ring (bicyclic) bond motifs is 1. The Hall–Kier alpha value is -1.51. The number of nitrogens with one attached hydrogen (secondary N) is 1. The molecule has 1 N–H and O–H groups in total. The van der Waals surface area contributed by atoms with Crippen LogP contribution in [-0.2, 0) is 0 Å². The summed E-state index contributed by atoms with van der Waals surface area (Å²) in [7, 11) is 0. The van der Waals surface area contributed by atoms with Crippen LogP contribution in [0.25, 0.3) is 11.1 Å². The Kier molecular flexibility index (Phi) is 3.36. The zero-order valence-electron chi connectivity index (χ0n) is 12.8. The molecule has 2 aromatic rings. The van der Waals surface area contributed by atoms with Crippen LogP contribution in [0.4, 0.5) is 5.69 Å². The van der Waals surface area contributed by atoms with Crippen molar-refractivity contribution in [2.24, 2.45) is 5.92 Å². The monoisotopic (exact) mass is 284 g/mol. The van der Waals surface area contributed by atoms with Gasteiger partial charge in [-0.1, -0.05) is 19.8 Å². The van der Waals surface area contributed by atoms with Crippen molar-refractivity contribution in [3.8, 4) is 0 Å². The molecule has 2 fully saturated rings. The van der Waals surface area contributed by atoms with Crippen molar-refractivity contribution in [3.63, 3.8) is 0 Å². The van der Waals surface area contributed by atoms with E-state index < -0.39 is 0 Å². The molecule has 2 saturated carbocycles. The highest BCUT2D eigenvalue weighted by atomic mass is 16.3. The summed E-state index contributed by atoms with van der Waals surface area (Å²) in [5.74, 6) is 2.40. The van der Waals surface area contributed by atoms with E-state index in [2.05, 4.69) is 35.4 Å². The van der Waals surface area contributed by atoms with Gasteiger partial charge in [0.1, 0.15) is 5.52 Å². The Labute approximate surface area is 126 Å². The maximum atomic E-state index is 5.83. The van der Waals surface area contributed by atoms with Gasteiger partial charge < -0.3 is 9.73 Å².